The molecule has 0 saturated carbocycles. The van der Waals surface area contributed by atoms with Crippen molar-refractivity contribution in [3.63, 3.8) is 0 Å². The second kappa shape index (κ2) is 5.16. The van der Waals surface area contributed by atoms with E-state index in [2.05, 4.69) is 23.9 Å². The van der Waals surface area contributed by atoms with E-state index in [-0.39, 0.29) is 0 Å². The summed E-state index contributed by atoms with van der Waals surface area (Å²) in [6, 6.07) is 10.2. The summed E-state index contributed by atoms with van der Waals surface area (Å²) in [5.41, 5.74) is 4.08. The molecule has 1 aromatic carbocycles. The van der Waals surface area contributed by atoms with Gasteiger partial charge in [0.2, 0.25) is 0 Å². The SMILES string of the molecule is ClC[Si]C=Cc1ccccc1. The zero-order valence-electron chi connectivity index (χ0n) is 6.13. The summed E-state index contributed by atoms with van der Waals surface area (Å²) in [4.78, 5) is 0. The van der Waals surface area contributed by atoms with E-state index in [4.69, 9.17) is 11.6 Å². The number of rotatable bonds is 3. The fourth-order valence-corrected chi connectivity index (χ4v) is 1.43. The molecular formula is C9H9ClSi. The van der Waals surface area contributed by atoms with Gasteiger partial charge in [-0.05, 0) is 5.56 Å². The van der Waals surface area contributed by atoms with Gasteiger partial charge in [-0.25, -0.2) is 0 Å². The first-order chi connectivity index (χ1) is 5.43. The molecule has 0 spiro atoms. The molecule has 2 heteroatoms. The van der Waals surface area contributed by atoms with E-state index in [1.807, 2.05) is 18.2 Å². The Morgan fingerprint density at radius 1 is 1.27 bits per heavy atom. The lowest BCUT2D eigenvalue weighted by Gasteiger charge is -1.88. The van der Waals surface area contributed by atoms with E-state index < -0.39 is 0 Å². The summed E-state index contributed by atoms with van der Waals surface area (Å²) in [7, 11) is 0.725. The largest absolute Gasteiger partial charge is 0.130 e. The maximum absolute atomic E-state index is 5.53. The molecule has 0 N–H and O–H groups in total. The molecule has 0 aliphatic rings. The molecule has 0 nitrogen and oxygen atoms in total. The van der Waals surface area contributed by atoms with Crippen LogP contribution in [0, 0.1) is 0 Å². The van der Waals surface area contributed by atoms with Crippen molar-refractivity contribution in [3.8, 4) is 0 Å². The summed E-state index contributed by atoms with van der Waals surface area (Å²) < 4.78 is 0. The second-order valence-electron chi connectivity index (χ2n) is 2.08. The monoisotopic (exact) mass is 180 g/mol. The van der Waals surface area contributed by atoms with Gasteiger partial charge in [0.1, 0.15) is 0 Å². The number of alkyl halides is 1. The van der Waals surface area contributed by atoms with Crippen LogP contribution in [0.2, 0.25) is 0 Å². The third-order valence-corrected chi connectivity index (χ3v) is 2.29. The lowest BCUT2D eigenvalue weighted by molar-refractivity contribution is 1.66. The van der Waals surface area contributed by atoms with Crippen LogP contribution in [-0.4, -0.2) is 15.0 Å². The molecule has 0 aliphatic heterocycles. The quantitative estimate of drug-likeness (QED) is 0.496. The lowest BCUT2D eigenvalue weighted by Crippen LogP contribution is -1.83. The van der Waals surface area contributed by atoms with Gasteiger partial charge < -0.3 is 0 Å². The molecule has 11 heavy (non-hydrogen) atoms. The van der Waals surface area contributed by atoms with Crippen molar-refractivity contribution in [2.24, 2.45) is 0 Å². The zero-order chi connectivity index (χ0) is 7.94. The van der Waals surface area contributed by atoms with Crippen molar-refractivity contribution in [1.82, 2.24) is 0 Å². The normalized spacial score (nSPS) is 10.6. The van der Waals surface area contributed by atoms with Gasteiger partial charge in [-0.15, -0.1) is 11.6 Å². The molecule has 1 rings (SSSR count). The van der Waals surface area contributed by atoms with Crippen molar-refractivity contribution in [3.05, 3.63) is 41.6 Å². The Hall–Kier alpha value is -0.533. The molecule has 0 heterocycles. The van der Waals surface area contributed by atoms with Gasteiger partial charge in [0.15, 0.2) is 0 Å². The summed E-state index contributed by atoms with van der Waals surface area (Å²) in [6.07, 6.45) is 2.10. The average molecular weight is 181 g/mol. The highest BCUT2D eigenvalue weighted by molar-refractivity contribution is 6.55. The molecule has 1 aromatic rings. The summed E-state index contributed by atoms with van der Waals surface area (Å²) >= 11 is 5.53. The fraction of sp³-hybridized carbons (Fsp3) is 0.111. The zero-order valence-corrected chi connectivity index (χ0v) is 7.88. The summed E-state index contributed by atoms with van der Waals surface area (Å²) in [5, 5.41) is 0. The second-order valence-corrected chi connectivity index (χ2v) is 3.89. The van der Waals surface area contributed by atoms with Crippen molar-refractivity contribution in [2.45, 2.75) is 0 Å². The number of hydrogen-bond acceptors (Lipinski definition) is 0. The number of hydrogen-bond donors (Lipinski definition) is 0. The topological polar surface area (TPSA) is 0 Å². The average Bonchev–Trinajstić information content (AvgIpc) is 2.07. The van der Waals surface area contributed by atoms with Crippen LogP contribution in [0.5, 0.6) is 0 Å². The van der Waals surface area contributed by atoms with E-state index in [9.17, 15) is 0 Å². The van der Waals surface area contributed by atoms with Gasteiger partial charge >= 0.3 is 0 Å². The van der Waals surface area contributed by atoms with Crippen LogP contribution in [0.15, 0.2) is 36.0 Å². The Morgan fingerprint density at radius 3 is 2.64 bits per heavy atom. The fourth-order valence-electron chi connectivity index (χ4n) is 0.764. The molecule has 0 saturated heterocycles. The standard InChI is InChI=1S/C9H9ClSi/c10-8-11-7-6-9-4-2-1-3-5-9/h1-7H,8H2. The first kappa shape index (κ1) is 8.56. The Morgan fingerprint density at radius 2 is 2.00 bits per heavy atom. The van der Waals surface area contributed by atoms with Crippen molar-refractivity contribution in [1.29, 1.82) is 0 Å². The highest BCUT2D eigenvalue weighted by Crippen LogP contribution is 1.99. The molecule has 0 bridgehead atoms. The van der Waals surface area contributed by atoms with Crippen molar-refractivity contribution < 1.29 is 0 Å². The molecule has 0 unspecified atom stereocenters. The van der Waals surface area contributed by atoms with Crippen LogP contribution < -0.4 is 0 Å². The van der Waals surface area contributed by atoms with E-state index in [0.29, 0.717) is 0 Å². The first-order valence-corrected chi connectivity index (χ1v) is 5.26. The van der Waals surface area contributed by atoms with Gasteiger partial charge in [-0.3, -0.25) is 0 Å². The van der Waals surface area contributed by atoms with Crippen LogP contribution in [0.3, 0.4) is 0 Å². The van der Waals surface area contributed by atoms with Crippen LogP contribution >= 0.6 is 11.6 Å². The summed E-state index contributed by atoms with van der Waals surface area (Å²) in [5.74, 6) is 0. The van der Waals surface area contributed by atoms with Crippen molar-refractivity contribution in [2.75, 3.05) is 5.50 Å². The lowest BCUT2D eigenvalue weighted by atomic mass is 10.2. The molecule has 0 aromatic heterocycles. The van der Waals surface area contributed by atoms with E-state index in [1.165, 1.54) is 5.56 Å². The highest BCUT2D eigenvalue weighted by Gasteiger charge is 1.81. The number of benzene rings is 1. The number of halogens is 1. The van der Waals surface area contributed by atoms with E-state index in [0.717, 1.165) is 15.0 Å². The van der Waals surface area contributed by atoms with Gasteiger partial charge in [0, 0.05) is 5.50 Å². The minimum absolute atomic E-state index is 0.725. The molecule has 0 aliphatic carbocycles. The van der Waals surface area contributed by atoms with E-state index >= 15 is 0 Å². The van der Waals surface area contributed by atoms with Gasteiger partial charge in [0.05, 0.1) is 9.52 Å². The Labute approximate surface area is 74.7 Å². The maximum atomic E-state index is 5.53. The van der Waals surface area contributed by atoms with Gasteiger partial charge in [-0.2, -0.15) is 0 Å². The maximum Gasteiger partial charge on any atom is 0.0885 e. The van der Waals surface area contributed by atoms with E-state index in [1.54, 1.807) is 0 Å². The van der Waals surface area contributed by atoms with Crippen LogP contribution in [-0.2, 0) is 0 Å². The van der Waals surface area contributed by atoms with Gasteiger partial charge in [0.25, 0.3) is 0 Å². The Kier molecular flexibility index (Phi) is 4.02. The summed E-state index contributed by atoms with van der Waals surface area (Å²) in [6.45, 7) is 0. The van der Waals surface area contributed by atoms with Gasteiger partial charge in [-0.1, -0.05) is 42.1 Å². The minimum Gasteiger partial charge on any atom is -0.130 e. The van der Waals surface area contributed by atoms with Crippen LogP contribution in [0.4, 0.5) is 0 Å². The molecular weight excluding hydrogens is 172 g/mol. The molecule has 0 fully saturated rings. The molecule has 0 amide bonds. The molecule has 0 atom stereocenters. The minimum atomic E-state index is 0.725. The molecule has 56 valence electrons. The van der Waals surface area contributed by atoms with Crippen LogP contribution in [0.1, 0.15) is 5.56 Å². The first-order valence-electron chi connectivity index (χ1n) is 3.44. The smallest absolute Gasteiger partial charge is 0.0885 e. The Balaban J connectivity index is 2.50. The molecule has 2 radical (unpaired) electrons. The highest BCUT2D eigenvalue weighted by atomic mass is 35.5. The predicted octanol–water partition coefficient (Wildman–Crippen LogP) is 2.56. The Bertz CT molecular complexity index is 218. The van der Waals surface area contributed by atoms with Crippen LogP contribution in [0.25, 0.3) is 6.08 Å². The predicted molar refractivity (Wildman–Crippen MR) is 52.0 cm³/mol. The third kappa shape index (κ3) is 3.40. The van der Waals surface area contributed by atoms with Crippen molar-refractivity contribution >= 4 is 27.2 Å². The third-order valence-electron chi connectivity index (χ3n) is 1.27.